The lowest BCUT2D eigenvalue weighted by Crippen LogP contribution is -2.58. The second-order valence-electron chi connectivity index (χ2n) is 7.70. The molecule has 0 N–H and O–H groups in total. The second-order valence-corrected chi connectivity index (χ2v) is 8.48. The van der Waals surface area contributed by atoms with Crippen molar-refractivity contribution in [2.75, 3.05) is 32.9 Å². The van der Waals surface area contributed by atoms with Gasteiger partial charge in [-0.05, 0) is 60.4 Å². The Bertz CT molecular complexity index is 557. The highest BCUT2D eigenvalue weighted by Gasteiger charge is 2.47. The van der Waals surface area contributed by atoms with E-state index in [0.29, 0.717) is 6.42 Å². The second kappa shape index (κ2) is 7.14. The van der Waals surface area contributed by atoms with Crippen LogP contribution in [-0.2, 0) is 20.7 Å². The highest BCUT2D eigenvalue weighted by Crippen LogP contribution is 2.41. The first kappa shape index (κ1) is 16.6. The molecule has 3 fully saturated rings. The van der Waals surface area contributed by atoms with Gasteiger partial charge in [0.2, 0.25) is 5.91 Å². The number of piperidine rings is 1. The topological polar surface area (TPSA) is 38.8 Å². The predicted molar refractivity (Wildman–Crippen MR) is 94.2 cm³/mol. The van der Waals surface area contributed by atoms with Gasteiger partial charge >= 0.3 is 0 Å². The molecule has 1 saturated carbocycles. The summed E-state index contributed by atoms with van der Waals surface area (Å²) in [6.45, 7) is 4.11. The number of thiophene rings is 1. The monoisotopic (exact) mass is 349 g/mol. The van der Waals surface area contributed by atoms with Crippen LogP contribution in [0.4, 0.5) is 0 Å². The van der Waals surface area contributed by atoms with Crippen molar-refractivity contribution in [1.82, 2.24) is 4.90 Å². The van der Waals surface area contributed by atoms with Crippen LogP contribution in [0.5, 0.6) is 0 Å². The molecule has 0 bridgehead atoms. The van der Waals surface area contributed by atoms with Crippen LogP contribution in [-0.4, -0.2) is 49.8 Å². The number of fused-ring (bicyclic) bond motifs is 1. The third kappa shape index (κ3) is 3.68. The van der Waals surface area contributed by atoms with Crippen molar-refractivity contribution in [2.45, 2.75) is 44.6 Å². The Balaban J connectivity index is 1.40. The number of amides is 1. The van der Waals surface area contributed by atoms with E-state index in [2.05, 4.69) is 10.3 Å². The number of likely N-dealkylation sites (tertiary alicyclic amines) is 1. The van der Waals surface area contributed by atoms with E-state index in [-0.39, 0.29) is 17.4 Å². The molecule has 0 aromatic carbocycles. The molecule has 4 nitrogen and oxygen atoms in total. The summed E-state index contributed by atoms with van der Waals surface area (Å²) in [5, 5.41) is 4.11. The van der Waals surface area contributed by atoms with Gasteiger partial charge in [0.25, 0.3) is 0 Å². The molecule has 0 spiro atoms. The lowest BCUT2D eigenvalue weighted by molar-refractivity contribution is -0.164. The number of ether oxygens (including phenoxy) is 2. The first-order valence-corrected chi connectivity index (χ1v) is 10.2. The maximum Gasteiger partial charge on any atom is 0.227 e. The molecule has 1 aromatic rings. The zero-order valence-corrected chi connectivity index (χ0v) is 15.1. The summed E-state index contributed by atoms with van der Waals surface area (Å²) in [5.41, 5.74) is 1.14. The van der Waals surface area contributed by atoms with Gasteiger partial charge in [-0.2, -0.15) is 11.3 Å². The fourth-order valence-corrected chi connectivity index (χ4v) is 4.78. The van der Waals surface area contributed by atoms with Crippen LogP contribution in [0.3, 0.4) is 0 Å². The van der Waals surface area contributed by atoms with Gasteiger partial charge < -0.3 is 14.4 Å². The van der Waals surface area contributed by atoms with Crippen LogP contribution in [0.2, 0.25) is 0 Å². The van der Waals surface area contributed by atoms with Crippen molar-refractivity contribution < 1.29 is 14.3 Å². The molecule has 2 aliphatic heterocycles. The Kier molecular flexibility index (Phi) is 4.93. The molecule has 3 heterocycles. The SMILES string of the molecule is O=C(Cc1ccsc1)N1CC[C@H]2OCCC[C@]2(COCC2CC2)C1. The van der Waals surface area contributed by atoms with Crippen LogP contribution in [0.15, 0.2) is 16.8 Å². The quantitative estimate of drug-likeness (QED) is 0.792. The standard InChI is InChI=1S/C19H27NO3S/c21-18(10-16-5-9-24-12-16)20-7-4-17-19(13-20,6-1-8-23-17)14-22-11-15-2-3-15/h5,9,12,15,17H,1-4,6-8,10-11,13-14H2/t17-,19-/m1/s1. The molecule has 1 amide bonds. The molecular weight excluding hydrogens is 322 g/mol. The van der Waals surface area contributed by atoms with E-state index in [9.17, 15) is 4.79 Å². The minimum atomic E-state index is 0.00962. The number of nitrogens with zero attached hydrogens (tertiary/aromatic N) is 1. The highest BCUT2D eigenvalue weighted by atomic mass is 32.1. The van der Waals surface area contributed by atoms with Crippen molar-refractivity contribution in [2.24, 2.45) is 11.3 Å². The van der Waals surface area contributed by atoms with Gasteiger partial charge in [0.15, 0.2) is 0 Å². The molecule has 5 heteroatoms. The summed E-state index contributed by atoms with van der Waals surface area (Å²) in [4.78, 5) is 14.8. The van der Waals surface area contributed by atoms with Crippen LogP contribution in [0.25, 0.3) is 0 Å². The Morgan fingerprint density at radius 1 is 1.42 bits per heavy atom. The van der Waals surface area contributed by atoms with Crippen molar-refractivity contribution in [1.29, 1.82) is 0 Å². The third-order valence-corrected chi connectivity index (χ3v) is 6.45. The summed E-state index contributed by atoms with van der Waals surface area (Å²) in [7, 11) is 0. The van der Waals surface area contributed by atoms with Gasteiger partial charge in [0.1, 0.15) is 0 Å². The van der Waals surface area contributed by atoms with Gasteiger partial charge in [0.05, 0.1) is 19.1 Å². The number of carbonyl (C=O) groups is 1. The molecule has 0 unspecified atom stereocenters. The molecule has 4 rings (SSSR count). The van der Waals surface area contributed by atoms with Crippen molar-refractivity contribution in [3.05, 3.63) is 22.4 Å². The van der Waals surface area contributed by atoms with Gasteiger partial charge in [0, 0.05) is 31.7 Å². The maximum absolute atomic E-state index is 12.7. The molecule has 0 radical (unpaired) electrons. The molecule has 1 aliphatic carbocycles. The van der Waals surface area contributed by atoms with E-state index >= 15 is 0 Å². The molecule has 24 heavy (non-hydrogen) atoms. The largest absolute Gasteiger partial charge is 0.380 e. The van der Waals surface area contributed by atoms with E-state index in [1.807, 2.05) is 11.4 Å². The lowest BCUT2D eigenvalue weighted by Gasteiger charge is -2.50. The number of rotatable bonds is 6. The van der Waals surface area contributed by atoms with Crippen molar-refractivity contribution >= 4 is 17.2 Å². The minimum absolute atomic E-state index is 0.00962. The first-order valence-electron chi connectivity index (χ1n) is 9.23. The predicted octanol–water partition coefficient (Wildman–Crippen LogP) is 3.11. The summed E-state index contributed by atoms with van der Waals surface area (Å²) >= 11 is 1.65. The average Bonchev–Trinajstić information content (AvgIpc) is 3.28. The third-order valence-electron chi connectivity index (χ3n) is 5.72. The minimum Gasteiger partial charge on any atom is -0.380 e. The summed E-state index contributed by atoms with van der Waals surface area (Å²) in [5.74, 6) is 1.03. The van der Waals surface area contributed by atoms with Gasteiger partial charge in [-0.1, -0.05) is 0 Å². The van der Waals surface area contributed by atoms with Gasteiger partial charge in [-0.3, -0.25) is 4.79 Å². The maximum atomic E-state index is 12.7. The van der Waals surface area contributed by atoms with E-state index in [1.54, 1.807) is 11.3 Å². The summed E-state index contributed by atoms with van der Waals surface area (Å²) in [6.07, 6.45) is 6.56. The molecular formula is C19H27NO3S. The molecule has 1 aromatic heterocycles. The Morgan fingerprint density at radius 3 is 3.12 bits per heavy atom. The summed E-state index contributed by atoms with van der Waals surface area (Å²) in [6, 6.07) is 2.05. The smallest absolute Gasteiger partial charge is 0.227 e. The van der Waals surface area contributed by atoms with Crippen LogP contribution in [0, 0.1) is 11.3 Å². The summed E-state index contributed by atoms with van der Waals surface area (Å²) < 4.78 is 12.2. The van der Waals surface area contributed by atoms with Crippen molar-refractivity contribution in [3.8, 4) is 0 Å². The number of hydrogen-bond acceptors (Lipinski definition) is 4. The zero-order chi connectivity index (χ0) is 16.4. The molecule has 2 saturated heterocycles. The van der Waals surface area contributed by atoms with Crippen LogP contribution >= 0.6 is 11.3 Å². The van der Waals surface area contributed by atoms with Gasteiger partial charge in [-0.15, -0.1) is 0 Å². The Morgan fingerprint density at radius 2 is 2.33 bits per heavy atom. The van der Waals surface area contributed by atoms with E-state index < -0.39 is 0 Å². The average molecular weight is 349 g/mol. The first-order chi connectivity index (χ1) is 11.8. The lowest BCUT2D eigenvalue weighted by atomic mass is 9.73. The molecule has 3 aliphatic rings. The van der Waals surface area contributed by atoms with E-state index in [0.717, 1.165) is 63.7 Å². The normalized spacial score (nSPS) is 30.2. The van der Waals surface area contributed by atoms with E-state index in [4.69, 9.17) is 9.47 Å². The fraction of sp³-hybridized carbons (Fsp3) is 0.737. The number of carbonyl (C=O) groups excluding carboxylic acids is 1. The number of hydrogen-bond donors (Lipinski definition) is 0. The fourth-order valence-electron chi connectivity index (χ4n) is 4.11. The van der Waals surface area contributed by atoms with Crippen LogP contribution in [0.1, 0.15) is 37.7 Å². The van der Waals surface area contributed by atoms with E-state index in [1.165, 1.54) is 12.8 Å². The van der Waals surface area contributed by atoms with Crippen LogP contribution < -0.4 is 0 Å². The Hall–Kier alpha value is -0.910. The Labute approximate surface area is 148 Å². The molecule has 2 atom stereocenters. The molecule has 132 valence electrons. The highest BCUT2D eigenvalue weighted by molar-refractivity contribution is 7.07. The van der Waals surface area contributed by atoms with Gasteiger partial charge in [-0.25, -0.2) is 0 Å². The zero-order valence-electron chi connectivity index (χ0n) is 14.2. The van der Waals surface area contributed by atoms with Crippen molar-refractivity contribution in [3.63, 3.8) is 0 Å².